The Morgan fingerprint density at radius 1 is 1.43 bits per heavy atom. The second-order valence-corrected chi connectivity index (χ2v) is 6.33. The molecule has 1 fully saturated rings. The van der Waals surface area contributed by atoms with Crippen LogP contribution in [0.25, 0.3) is 0 Å². The van der Waals surface area contributed by atoms with Crippen molar-refractivity contribution in [1.29, 1.82) is 0 Å². The van der Waals surface area contributed by atoms with Crippen LogP contribution in [0.1, 0.15) is 27.2 Å². The van der Waals surface area contributed by atoms with E-state index in [1.165, 1.54) is 0 Å². The minimum Gasteiger partial charge on any atom is -0.369 e. The van der Waals surface area contributed by atoms with Gasteiger partial charge < -0.3 is 15.5 Å². The molecule has 0 aromatic carbocycles. The molecule has 0 atom stereocenters. The maximum Gasteiger partial charge on any atom is 0.245 e. The summed E-state index contributed by atoms with van der Waals surface area (Å²) in [4.78, 5) is 18.5. The number of pyridine rings is 1. The molecule has 7 heteroatoms. The fourth-order valence-electron chi connectivity index (χ4n) is 2.28. The van der Waals surface area contributed by atoms with Gasteiger partial charge in [0.1, 0.15) is 11.4 Å². The van der Waals surface area contributed by atoms with E-state index in [-0.39, 0.29) is 5.91 Å². The van der Waals surface area contributed by atoms with E-state index in [0.717, 1.165) is 13.0 Å². The normalized spacial score (nSPS) is 17.6. The van der Waals surface area contributed by atoms with Crippen LogP contribution in [0.4, 0.5) is 11.6 Å². The average Bonchev–Trinajstić information content (AvgIpc) is 2.42. The van der Waals surface area contributed by atoms with Crippen molar-refractivity contribution < 1.29 is 4.79 Å². The number of carbonyl (C=O) groups is 1. The van der Waals surface area contributed by atoms with E-state index in [0.29, 0.717) is 34.8 Å². The number of hydrogen-bond donors (Lipinski definition) is 2. The van der Waals surface area contributed by atoms with Crippen molar-refractivity contribution in [2.24, 2.45) is 0 Å². The first kappa shape index (κ1) is 16.2. The van der Waals surface area contributed by atoms with Gasteiger partial charge in [0, 0.05) is 19.6 Å². The molecule has 0 saturated carbocycles. The molecule has 2 N–H and O–H groups in total. The van der Waals surface area contributed by atoms with Crippen LogP contribution in [0.15, 0.2) is 6.07 Å². The number of piperazine rings is 1. The number of nitrogens with zero attached hydrogens (tertiary/aromatic N) is 2. The predicted molar refractivity (Wildman–Crippen MR) is 87.5 cm³/mol. The van der Waals surface area contributed by atoms with E-state index in [4.69, 9.17) is 23.2 Å². The lowest BCUT2D eigenvalue weighted by Crippen LogP contribution is -2.62. The summed E-state index contributed by atoms with van der Waals surface area (Å²) < 4.78 is 0. The van der Waals surface area contributed by atoms with Crippen LogP contribution in [0, 0.1) is 0 Å². The van der Waals surface area contributed by atoms with Gasteiger partial charge in [0.25, 0.3) is 0 Å². The summed E-state index contributed by atoms with van der Waals surface area (Å²) in [5.41, 5.74) is -0.704. The standard InChI is InChI=1S/C14H20Cl2N4O/c1-4-5-17-11-9(15)8-10(16)12(19-11)20-7-6-18-13(21)14(20,2)3/h8H,4-7H2,1-3H3,(H,17,19)(H,18,21). The smallest absolute Gasteiger partial charge is 0.245 e. The first-order chi connectivity index (χ1) is 9.87. The molecule has 1 aliphatic heterocycles. The van der Waals surface area contributed by atoms with Gasteiger partial charge in [-0.1, -0.05) is 30.1 Å². The van der Waals surface area contributed by atoms with Crippen molar-refractivity contribution >= 4 is 40.7 Å². The molecule has 21 heavy (non-hydrogen) atoms. The Hall–Kier alpha value is -1.20. The highest BCUT2D eigenvalue weighted by atomic mass is 35.5. The highest BCUT2D eigenvalue weighted by molar-refractivity contribution is 6.37. The van der Waals surface area contributed by atoms with Gasteiger partial charge in [0.15, 0.2) is 5.82 Å². The van der Waals surface area contributed by atoms with Crippen molar-refractivity contribution in [3.8, 4) is 0 Å². The van der Waals surface area contributed by atoms with Crippen LogP contribution in [0.3, 0.4) is 0 Å². The molecular formula is C14H20Cl2N4O. The second kappa shape index (κ2) is 6.28. The Labute approximate surface area is 135 Å². The van der Waals surface area contributed by atoms with E-state index in [2.05, 4.69) is 22.5 Å². The van der Waals surface area contributed by atoms with Gasteiger partial charge in [0.2, 0.25) is 5.91 Å². The van der Waals surface area contributed by atoms with Crippen molar-refractivity contribution in [3.63, 3.8) is 0 Å². The lowest BCUT2D eigenvalue weighted by Gasteiger charge is -2.42. The van der Waals surface area contributed by atoms with Crippen LogP contribution < -0.4 is 15.5 Å². The Kier molecular flexibility index (Phi) is 4.84. The lowest BCUT2D eigenvalue weighted by atomic mass is 9.99. The summed E-state index contributed by atoms with van der Waals surface area (Å²) in [6, 6.07) is 1.67. The van der Waals surface area contributed by atoms with Crippen molar-refractivity contribution in [2.75, 3.05) is 29.9 Å². The maximum atomic E-state index is 12.1. The molecule has 0 spiro atoms. The number of hydrogen-bond acceptors (Lipinski definition) is 4. The molecule has 0 bridgehead atoms. The number of carbonyl (C=O) groups excluding carboxylic acids is 1. The number of rotatable bonds is 4. The largest absolute Gasteiger partial charge is 0.369 e. The van der Waals surface area contributed by atoms with Crippen LogP contribution in [0.5, 0.6) is 0 Å². The minimum atomic E-state index is -0.704. The molecule has 0 unspecified atom stereocenters. The number of amides is 1. The van der Waals surface area contributed by atoms with E-state index in [1.54, 1.807) is 6.07 Å². The molecule has 5 nitrogen and oxygen atoms in total. The van der Waals surface area contributed by atoms with Crippen LogP contribution >= 0.6 is 23.2 Å². The second-order valence-electron chi connectivity index (χ2n) is 5.52. The molecule has 1 saturated heterocycles. The third-order valence-corrected chi connectivity index (χ3v) is 4.13. The summed E-state index contributed by atoms with van der Waals surface area (Å²) in [6.07, 6.45) is 0.966. The first-order valence-electron chi connectivity index (χ1n) is 7.03. The molecule has 2 heterocycles. The predicted octanol–water partition coefficient (Wildman–Crippen LogP) is 2.93. The molecule has 2 rings (SSSR count). The van der Waals surface area contributed by atoms with Gasteiger partial charge in [0.05, 0.1) is 10.0 Å². The fourth-order valence-corrected chi connectivity index (χ4v) is 2.81. The third-order valence-electron chi connectivity index (χ3n) is 3.56. The molecule has 1 aliphatic rings. The third kappa shape index (κ3) is 3.19. The van der Waals surface area contributed by atoms with Crippen molar-refractivity contribution in [2.45, 2.75) is 32.7 Å². The number of nitrogens with one attached hydrogen (secondary N) is 2. The van der Waals surface area contributed by atoms with E-state index >= 15 is 0 Å². The van der Waals surface area contributed by atoms with E-state index in [9.17, 15) is 4.79 Å². The number of halogens is 2. The first-order valence-corrected chi connectivity index (χ1v) is 7.79. The molecule has 1 aromatic rings. The molecule has 116 valence electrons. The van der Waals surface area contributed by atoms with Gasteiger partial charge in [-0.15, -0.1) is 0 Å². The molecule has 0 radical (unpaired) electrons. The number of aromatic nitrogens is 1. The highest BCUT2D eigenvalue weighted by Gasteiger charge is 2.39. The zero-order valence-corrected chi connectivity index (χ0v) is 14.0. The van der Waals surface area contributed by atoms with E-state index in [1.807, 2.05) is 18.7 Å². The Morgan fingerprint density at radius 3 is 2.81 bits per heavy atom. The van der Waals surface area contributed by atoms with E-state index < -0.39 is 5.54 Å². The topological polar surface area (TPSA) is 57.3 Å². The zero-order valence-electron chi connectivity index (χ0n) is 12.5. The van der Waals surface area contributed by atoms with Gasteiger partial charge in [-0.25, -0.2) is 4.98 Å². The quantitative estimate of drug-likeness (QED) is 0.891. The minimum absolute atomic E-state index is 0.0374. The van der Waals surface area contributed by atoms with Gasteiger partial charge in [-0.2, -0.15) is 0 Å². The van der Waals surface area contributed by atoms with Crippen molar-refractivity contribution in [1.82, 2.24) is 10.3 Å². The molecular weight excluding hydrogens is 311 g/mol. The highest BCUT2D eigenvalue weighted by Crippen LogP contribution is 2.35. The van der Waals surface area contributed by atoms with Crippen LogP contribution in [-0.4, -0.2) is 36.1 Å². The van der Waals surface area contributed by atoms with Gasteiger partial charge in [-0.05, 0) is 26.3 Å². The average molecular weight is 331 g/mol. The van der Waals surface area contributed by atoms with Crippen LogP contribution in [-0.2, 0) is 4.79 Å². The molecule has 1 amide bonds. The zero-order chi connectivity index (χ0) is 15.6. The summed E-state index contributed by atoms with van der Waals surface area (Å²) in [6.45, 7) is 7.77. The Morgan fingerprint density at radius 2 is 2.14 bits per heavy atom. The molecule has 0 aliphatic carbocycles. The summed E-state index contributed by atoms with van der Waals surface area (Å²) in [7, 11) is 0. The summed E-state index contributed by atoms with van der Waals surface area (Å²) in [5, 5.41) is 6.97. The van der Waals surface area contributed by atoms with Crippen molar-refractivity contribution in [3.05, 3.63) is 16.1 Å². The van der Waals surface area contributed by atoms with Gasteiger partial charge >= 0.3 is 0 Å². The monoisotopic (exact) mass is 330 g/mol. The summed E-state index contributed by atoms with van der Waals surface area (Å²) in [5.74, 6) is 1.14. The Balaban J connectivity index is 2.40. The maximum absolute atomic E-state index is 12.1. The number of anilines is 2. The Bertz CT molecular complexity index is 548. The van der Waals surface area contributed by atoms with Crippen LogP contribution in [0.2, 0.25) is 10.0 Å². The summed E-state index contributed by atoms with van der Waals surface area (Å²) >= 11 is 12.5. The SMILES string of the molecule is CCCNc1nc(N2CCNC(=O)C2(C)C)c(Cl)cc1Cl. The van der Waals surface area contributed by atoms with Gasteiger partial charge in [-0.3, -0.25) is 4.79 Å². The lowest BCUT2D eigenvalue weighted by molar-refractivity contribution is -0.126. The fraction of sp³-hybridized carbons (Fsp3) is 0.571. The molecule has 1 aromatic heterocycles.